The van der Waals surface area contributed by atoms with Crippen molar-refractivity contribution in [3.05, 3.63) is 59.3 Å². The van der Waals surface area contributed by atoms with Crippen LogP contribution in [0, 0.1) is 0 Å². The molecule has 0 spiro atoms. The lowest BCUT2D eigenvalue weighted by molar-refractivity contribution is 0.0558. The van der Waals surface area contributed by atoms with Gasteiger partial charge in [-0.3, -0.25) is 19.8 Å². The Labute approximate surface area is 200 Å². The third kappa shape index (κ3) is 5.85. The first-order valence-corrected chi connectivity index (χ1v) is 10.5. The molecule has 4 N–H and O–H groups in total. The Morgan fingerprint density at radius 3 is 2.20 bits per heavy atom. The van der Waals surface area contributed by atoms with Gasteiger partial charge in [-0.15, -0.1) is 0 Å². The van der Waals surface area contributed by atoms with E-state index < -0.39 is 41.5 Å². The van der Waals surface area contributed by atoms with E-state index in [1.54, 1.807) is 32.9 Å². The minimum atomic E-state index is -1.17. The molecule has 3 amide bonds. The first-order valence-electron chi connectivity index (χ1n) is 10.5. The molecule has 35 heavy (non-hydrogen) atoms. The second-order valence-electron chi connectivity index (χ2n) is 8.51. The number of rotatable bonds is 4. The molecule has 2 heterocycles. The number of benzene rings is 1. The van der Waals surface area contributed by atoms with E-state index in [-0.39, 0.29) is 28.3 Å². The SMILES string of the molecule is CC(C(N=C(N)NC(=O)OC(C)(C)C)=Nc1ccc(C(=O)O)cn1)N1C(=O)c2ccccc2C1=O. The number of amidine groups is 1. The van der Waals surface area contributed by atoms with Crippen molar-refractivity contribution < 1.29 is 29.0 Å². The van der Waals surface area contributed by atoms with Crippen LogP contribution in [-0.4, -0.2) is 62.3 Å². The number of aromatic nitrogens is 1. The molecule has 0 saturated carbocycles. The number of nitrogens with zero attached hydrogens (tertiary/aromatic N) is 4. The number of carboxylic acids is 1. The molecule has 3 rings (SSSR count). The Bertz CT molecular complexity index is 1210. The predicted octanol–water partition coefficient (Wildman–Crippen LogP) is 2.33. The van der Waals surface area contributed by atoms with Crippen LogP contribution in [0.3, 0.4) is 0 Å². The Hall–Kier alpha value is -4.61. The molecule has 12 heteroatoms. The fraction of sp³-hybridized carbons (Fsp3) is 0.261. The molecule has 1 aliphatic heterocycles. The summed E-state index contributed by atoms with van der Waals surface area (Å²) in [6, 6.07) is 7.93. The highest BCUT2D eigenvalue weighted by atomic mass is 16.6. The van der Waals surface area contributed by atoms with Crippen molar-refractivity contribution >= 4 is 41.5 Å². The van der Waals surface area contributed by atoms with E-state index in [2.05, 4.69) is 20.3 Å². The van der Waals surface area contributed by atoms with E-state index in [4.69, 9.17) is 15.6 Å². The quantitative estimate of drug-likeness (QED) is 0.339. The van der Waals surface area contributed by atoms with E-state index in [1.165, 1.54) is 31.2 Å². The summed E-state index contributed by atoms with van der Waals surface area (Å²) in [5.41, 5.74) is 5.49. The van der Waals surface area contributed by atoms with Crippen LogP contribution in [0.25, 0.3) is 0 Å². The van der Waals surface area contributed by atoms with E-state index in [0.717, 1.165) is 11.1 Å². The smallest absolute Gasteiger partial charge is 0.414 e. The molecule has 2 aromatic rings. The van der Waals surface area contributed by atoms with Crippen LogP contribution in [-0.2, 0) is 4.74 Å². The van der Waals surface area contributed by atoms with Crippen molar-refractivity contribution in [2.45, 2.75) is 39.3 Å². The van der Waals surface area contributed by atoms with Gasteiger partial charge in [0.15, 0.2) is 11.7 Å². The van der Waals surface area contributed by atoms with Crippen LogP contribution < -0.4 is 11.1 Å². The standard InChI is InChI=1S/C23H24N6O6/c1-12(29-18(30)14-7-5-6-8-15(14)19(29)31)17(26-16-10-9-13(11-25-16)20(32)33)27-21(24)28-22(34)35-23(2,3)4/h5-12H,1-4H3,(H,32,33)(H3,24,25,26,27,28,34). The molecular formula is C23H24N6O6. The number of alkyl carbamates (subject to hydrolysis) is 1. The fourth-order valence-electron chi connectivity index (χ4n) is 3.14. The van der Waals surface area contributed by atoms with E-state index in [9.17, 15) is 19.2 Å². The summed E-state index contributed by atoms with van der Waals surface area (Å²) >= 11 is 0. The van der Waals surface area contributed by atoms with Crippen LogP contribution in [0.4, 0.5) is 10.6 Å². The Balaban J connectivity index is 1.98. The minimum Gasteiger partial charge on any atom is -0.478 e. The maximum atomic E-state index is 12.9. The van der Waals surface area contributed by atoms with Gasteiger partial charge in [0, 0.05) is 6.20 Å². The van der Waals surface area contributed by atoms with Gasteiger partial charge in [0.05, 0.1) is 22.7 Å². The van der Waals surface area contributed by atoms with Crippen molar-refractivity contribution in [2.24, 2.45) is 15.7 Å². The number of ether oxygens (including phenoxy) is 1. The van der Waals surface area contributed by atoms with Gasteiger partial charge in [-0.2, -0.15) is 4.99 Å². The maximum Gasteiger partial charge on any atom is 0.414 e. The Kier molecular flexibility index (Phi) is 6.94. The number of nitrogens with two attached hydrogens (primary N) is 1. The molecule has 1 aliphatic rings. The molecule has 182 valence electrons. The predicted molar refractivity (Wildman–Crippen MR) is 126 cm³/mol. The zero-order valence-electron chi connectivity index (χ0n) is 19.5. The van der Waals surface area contributed by atoms with Gasteiger partial charge >= 0.3 is 12.1 Å². The van der Waals surface area contributed by atoms with Gasteiger partial charge in [0.2, 0.25) is 5.96 Å². The van der Waals surface area contributed by atoms with Gasteiger partial charge in [0.1, 0.15) is 5.60 Å². The molecule has 0 aliphatic carbocycles. The maximum absolute atomic E-state index is 12.9. The van der Waals surface area contributed by atoms with Gasteiger partial charge in [0.25, 0.3) is 11.8 Å². The zero-order chi connectivity index (χ0) is 25.9. The monoisotopic (exact) mass is 480 g/mol. The van der Waals surface area contributed by atoms with Crippen LogP contribution in [0.15, 0.2) is 52.6 Å². The van der Waals surface area contributed by atoms with Gasteiger partial charge < -0.3 is 15.6 Å². The number of hydrogen-bond acceptors (Lipinski definition) is 7. The number of pyridine rings is 1. The largest absolute Gasteiger partial charge is 0.478 e. The van der Waals surface area contributed by atoms with Gasteiger partial charge in [-0.1, -0.05) is 12.1 Å². The van der Waals surface area contributed by atoms with Crippen LogP contribution in [0.5, 0.6) is 0 Å². The highest BCUT2D eigenvalue weighted by molar-refractivity contribution is 6.23. The summed E-state index contributed by atoms with van der Waals surface area (Å²) in [7, 11) is 0. The van der Waals surface area contributed by atoms with Crippen LogP contribution >= 0.6 is 0 Å². The molecule has 0 fully saturated rings. The van der Waals surface area contributed by atoms with E-state index >= 15 is 0 Å². The summed E-state index contributed by atoms with van der Waals surface area (Å²) in [5, 5.41) is 11.3. The van der Waals surface area contributed by atoms with Crippen LogP contribution in [0.2, 0.25) is 0 Å². The lowest BCUT2D eigenvalue weighted by Gasteiger charge is -2.22. The Morgan fingerprint density at radius 1 is 1.11 bits per heavy atom. The number of carbonyl (C=O) groups is 4. The summed E-state index contributed by atoms with van der Waals surface area (Å²) < 4.78 is 5.14. The summed E-state index contributed by atoms with van der Waals surface area (Å²) in [6.07, 6.45) is 0.229. The normalized spacial score (nSPS) is 15.0. The molecular weight excluding hydrogens is 456 g/mol. The molecule has 1 atom stereocenters. The summed E-state index contributed by atoms with van der Waals surface area (Å²) in [6.45, 7) is 6.52. The van der Waals surface area contributed by atoms with Crippen molar-refractivity contribution in [3.8, 4) is 0 Å². The lowest BCUT2D eigenvalue weighted by atomic mass is 10.1. The molecule has 1 aromatic heterocycles. The highest BCUT2D eigenvalue weighted by Gasteiger charge is 2.40. The number of nitrogens with one attached hydrogen (secondary N) is 1. The average Bonchev–Trinajstić information content (AvgIpc) is 3.02. The number of imide groups is 1. The van der Waals surface area contributed by atoms with Gasteiger partial charge in [-0.05, 0) is 52.0 Å². The zero-order valence-corrected chi connectivity index (χ0v) is 19.5. The first-order chi connectivity index (χ1) is 16.4. The molecule has 12 nitrogen and oxygen atoms in total. The third-order valence-corrected chi connectivity index (χ3v) is 4.67. The number of carboxylic acid groups (broad SMARTS) is 1. The number of fused-ring (bicyclic) bond motifs is 1. The molecule has 0 bridgehead atoms. The Morgan fingerprint density at radius 2 is 1.71 bits per heavy atom. The number of aliphatic imine (C=N–C) groups is 2. The molecule has 0 radical (unpaired) electrons. The van der Waals surface area contributed by atoms with Gasteiger partial charge in [-0.25, -0.2) is 19.6 Å². The van der Waals surface area contributed by atoms with Crippen molar-refractivity contribution in [1.29, 1.82) is 0 Å². The lowest BCUT2D eigenvalue weighted by Crippen LogP contribution is -2.45. The van der Waals surface area contributed by atoms with Crippen molar-refractivity contribution in [1.82, 2.24) is 15.2 Å². The number of hydrogen-bond donors (Lipinski definition) is 3. The average molecular weight is 480 g/mol. The number of carbonyl (C=O) groups excluding carboxylic acids is 3. The first kappa shape index (κ1) is 25.0. The number of amides is 3. The molecule has 1 aromatic carbocycles. The number of guanidine groups is 1. The third-order valence-electron chi connectivity index (χ3n) is 4.67. The molecule has 0 saturated heterocycles. The summed E-state index contributed by atoms with van der Waals surface area (Å²) in [5.74, 6) is -2.76. The minimum absolute atomic E-state index is 0.0438. The fourth-order valence-corrected chi connectivity index (χ4v) is 3.14. The highest BCUT2D eigenvalue weighted by Crippen LogP contribution is 2.25. The van der Waals surface area contributed by atoms with Crippen molar-refractivity contribution in [3.63, 3.8) is 0 Å². The topological polar surface area (TPSA) is 177 Å². The molecule has 1 unspecified atom stereocenters. The van der Waals surface area contributed by atoms with E-state index in [1.807, 2.05) is 0 Å². The second kappa shape index (κ2) is 9.71. The second-order valence-corrected chi connectivity index (χ2v) is 8.51. The van der Waals surface area contributed by atoms with E-state index in [0.29, 0.717) is 0 Å². The van der Waals surface area contributed by atoms with Crippen molar-refractivity contribution in [2.75, 3.05) is 0 Å². The number of aromatic carboxylic acids is 1. The summed E-state index contributed by atoms with van der Waals surface area (Å²) in [4.78, 5) is 62.4. The van der Waals surface area contributed by atoms with Crippen LogP contribution in [0.1, 0.15) is 58.8 Å².